The minimum Gasteiger partial charge on any atom is -0.367 e. The molecule has 0 aliphatic rings. The average molecular weight is 317 g/mol. The van der Waals surface area contributed by atoms with E-state index in [-0.39, 0.29) is 28.6 Å². The maximum atomic E-state index is 10.8. The summed E-state index contributed by atoms with van der Waals surface area (Å²) < 4.78 is 11.9. The molecule has 0 aromatic heterocycles. The summed E-state index contributed by atoms with van der Waals surface area (Å²) in [5.74, 6) is 0. The van der Waals surface area contributed by atoms with Crippen molar-refractivity contribution in [1.29, 1.82) is 0 Å². The van der Waals surface area contributed by atoms with Crippen LogP contribution in [0.3, 0.4) is 0 Å². The van der Waals surface area contributed by atoms with Gasteiger partial charge in [0.15, 0.2) is 12.6 Å². The Morgan fingerprint density at radius 1 is 0.909 bits per heavy atom. The fourth-order valence-corrected chi connectivity index (χ4v) is 2.61. The predicted molar refractivity (Wildman–Crippen MR) is 93.6 cm³/mol. The van der Waals surface area contributed by atoms with E-state index < -0.39 is 6.29 Å². The van der Waals surface area contributed by atoms with Crippen LogP contribution in [0.25, 0.3) is 0 Å². The molecule has 0 spiro atoms. The van der Waals surface area contributed by atoms with Crippen LogP contribution in [0.15, 0.2) is 0 Å². The lowest BCUT2D eigenvalue weighted by Crippen LogP contribution is -2.47. The third-order valence-electron chi connectivity index (χ3n) is 4.51. The maximum absolute atomic E-state index is 10.8. The van der Waals surface area contributed by atoms with Gasteiger partial charge in [-0.15, -0.1) is 0 Å². The zero-order valence-electron chi connectivity index (χ0n) is 16.6. The molecule has 3 nitrogen and oxygen atoms in total. The van der Waals surface area contributed by atoms with Crippen molar-refractivity contribution in [1.82, 2.24) is 0 Å². The minimum atomic E-state index is -0.835. The molecule has 0 fully saturated rings. The molecule has 22 heavy (non-hydrogen) atoms. The van der Waals surface area contributed by atoms with Crippen LogP contribution in [0, 0.1) is 16.2 Å². The second-order valence-electron chi connectivity index (χ2n) is 9.29. The maximum Gasteiger partial charge on any atom is 0.163 e. The van der Waals surface area contributed by atoms with E-state index in [1.54, 1.807) is 0 Å². The van der Waals surface area contributed by atoms with Crippen LogP contribution in [0.4, 0.5) is 0 Å². The summed E-state index contributed by atoms with van der Waals surface area (Å²) in [6, 6.07) is 0. The number of aliphatic hydroxyl groups is 1. The largest absolute Gasteiger partial charge is 0.367 e. The van der Waals surface area contributed by atoms with Crippen LogP contribution in [0.2, 0.25) is 0 Å². The monoisotopic (exact) mass is 316 g/mol. The zero-order chi connectivity index (χ0) is 17.8. The Labute approximate surface area is 138 Å². The summed E-state index contributed by atoms with van der Waals surface area (Å²) >= 11 is 0. The second kappa shape index (κ2) is 8.12. The molecule has 0 aliphatic carbocycles. The molecule has 0 rings (SSSR count). The first kappa shape index (κ1) is 21.9. The molecule has 3 unspecified atom stereocenters. The average Bonchev–Trinajstić information content (AvgIpc) is 2.23. The van der Waals surface area contributed by atoms with Crippen LogP contribution in [0.1, 0.15) is 88.5 Å². The van der Waals surface area contributed by atoms with Gasteiger partial charge in [-0.05, 0) is 31.1 Å². The fraction of sp³-hybridized carbons (Fsp3) is 1.00. The summed E-state index contributed by atoms with van der Waals surface area (Å²) in [5.41, 5.74) is -0.271. The number of ether oxygens (including phenoxy) is 2. The van der Waals surface area contributed by atoms with Gasteiger partial charge >= 0.3 is 0 Å². The summed E-state index contributed by atoms with van der Waals surface area (Å²) in [6.07, 6.45) is 1.55. The number of rotatable bonds is 8. The summed E-state index contributed by atoms with van der Waals surface area (Å²) in [4.78, 5) is 0. The van der Waals surface area contributed by atoms with E-state index in [2.05, 4.69) is 55.4 Å². The smallest absolute Gasteiger partial charge is 0.163 e. The number of aliphatic hydroxyl groups excluding tert-OH is 1. The van der Waals surface area contributed by atoms with E-state index in [0.29, 0.717) is 0 Å². The highest BCUT2D eigenvalue weighted by Gasteiger charge is 2.44. The van der Waals surface area contributed by atoms with Gasteiger partial charge < -0.3 is 14.6 Å². The van der Waals surface area contributed by atoms with Crippen molar-refractivity contribution in [2.24, 2.45) is 16.2 Å². The van der Waals surface area contributed by atoms with E-state index in [1.165, 1.54) is 0 Å². The van der Waals surface area contributed by atoms with Crippen molar-refractivity contribution in [2.75, 3.05) is 0 Å². The van der Waals surface area contributed by atoms with Gasteiger partial charge in [0.2, 0.25) is 0 Å². The summed E-state index contributed by atoms with van der Waals surface area (Å²) in [5, 5.41) is 10.8. The third kappa shape index (κ3) is 6.97. The van der Waals surface area contributed by atoms with E-state index in [1.807, 2.05) is 13.8 Å². The quantitative estimate of drug-likeness (QED) is 0.612. The second-order valence-corrected chi connectivity index (χ2v) is 9.29. The fourth-order valence-electron chi connectivity index (χ4n) is 2.61. The van der Waals surface area contributed by atoms with E-state index >= 15 is 0 Å². The van der Waals surface area contributed by atoms with Crippen molar-refractivity contribution < 1.29 is 14.6 Å². The number of hydrogen-bond acceptors (Lipinski definition) is 3. The molecular formula is C19H40O3. The van der Waals surface area contributed by atoms with Gasteiger partial charge in [0.05, 0.1) is 6.10 Å². The lowest BCUT2D eigenvalue weighted by atomic mass is 9.65. The van der Waals surface area contributed by atoms with Gasteiger partial charge in [-0.3, -0.25) is 0 Å². The van der Waals surface area contributed by atoms with Gasteiger partial charge in [-0.1, -0.05) is 61.8 Å². The van der Waals surface area contributed by atoms with Gasteiger partial charge in [-0.25, -0.2) is 0 Å². The van der Waals surface area contributed by atoms with Gasteiger partial charge in [0, 0.05) is 11.8 Å². The van der Waals surface area contributed by atoms with Crippen LogP contribution in [0.5, 0.6) is 0 Å². The highest BCUT2D eigenvalue weighted by molar-refractivity contribution is 4.89. The number of hydrogen-bond donors (Lipinski definition) is 1. The molecule has 0 saturated carbocycles. The van der Waals surface area contributed by atoms with Crippen LogP contribution < -0.4 is 0 Å². The van der Waals surface area contributed by atoms with Gasteiger partial charge in [0.25, 0.3) is 0 Å². The topological polar surface area (TPSA) is 38.7 Å². The lowest BCUT2D eigenvalue weighted by Gasteiger charge is -2.46. The minimum absolute atomic E-state index is 0.0491. The molecule has 1 N–H and O–H groups in total. The first-order valence-electron chi connectivity index (χ1n) is 8.72. The molecule has 0 radical (unpaired) electrons. The highest BCUT2D eigenvalue weighted by Crippen LogP contribution is 2.46. The lowest BCUT2D eigenvalue weighted by molar-refractivity contribution is -0.293. The SMILES string of the molecule is CCCC(C)(C(O)OC(CC(C)(C)C)OC(C)C)C(C)(C)C. The van der Waals surface area contributed by atoms with Crippen LogP contribution in [-0.2, 0) is 9.47 Å². The Kier molecular flexibility index (Phi) is 8.08. The summed E-state index contributed by atoms with van der Waals surface area (Å²) in [6.45, 7) is 21.2. The Morgan fingerprint density at radius 2 is 1.41 bits per heavy atom. The molecule has 0 aromatic carbocycles. The first-order valence-corrected chi connectivity index (χ1v) is 8.72. The predicted octanol–water partition coefficient (Wildman–Crippen LogP) is 5.36. The van der Waals surface area contributed by atoms with Gasteiger partial charge in [0.1, 0.15) is 0 Å². The highest BCUT2D eigenvalue weighted by atomic mass is 16.7. The van der Waals surface area contributed by atoms with E-state index in [9.17, 15) is 5.11 Å². The zero-order valence-corrected chi connectivity index (χ0v) is 16.6. The molecule has 3 atom stereocenters. The Bertz CT molecular complexity index is 312. The Hall–Kier alpha value is -0.120. The van der Waals surface area contributed by atoms with Crippen LogP contribution >= 0.6 is 0 Å². The molecule has 0 saturated heterocycles. The van der Waals surface area contributed by atoms with Crippen molar-refractivity contribution >= 4 is 0 Å². The summed E-state index contributed by atoms with van der Waals surface area (Å²) in [7, 11) is 0. The molecule has 0 bridgehead atoms. The van der Waals surface area contributed by atoms with Crippen LogP contribution in [-0.4, -0.2) is 23.8 Å². The third-order valence-corrected chi connectivity index (χ3v) is 4.51. The molecule has 0 heterocycles. The van der Waals surface area contributed by atoms with Crippen molar-refractivity contribution in [3.05, 3.63) is 0 Å². The molecule has 3 heteroatoms. The molecule has 0 amide bonds. The van der Waals surface area contributed by atoms with E-state index in [4.69, 9.17) is 9.47 Å². The normalized spacial score (nSPS) is 19.1. The molecule has 0 aliphatic heterocycles. The van der Waals surface area contributed by atoms with Crippen molar-refractivity contribution in [2.45, 2.75) is 107 Å². The Morgan fingerprint density at radius 3 is 1.73 bits per heavy atom. The standard InChI is InChI=1S/C19H40O3/c1-11-12-19(10,18(7,8)9)16(20)22-15(21-14(2)3)13-17(4,5)6/h14-16,20H,11-13H2,1-10H3. The van der Waals surface area contributed by atoms with Gasteiger partial charge in [-0.2, -0.15) is 0 Å². The van der Waals surface area contributed by atoms with E-state index in [0.717, 1.165) is 19.3 Å². The molecule has 0 aromatic rings. The Balaban J connectivity index is 5.15. The van der Waals surface area contributed by atoms with Crippen molar-refractivity contribution in [3.63, 3.8) is 0 Å². The first-order chi connectivity index (χ1) is 9.73. The molecule has 134 valence electrons. The molecular weight excluding hydrogens is 276 g/mol. The van der Waals surface area contributed by atoms with Crippen molar-refractivity contribution in [3.8, 4) is 0 Å².